The van der Waals surface area contributed by atoms with Crippen molar-refractivity contribution in [2.45, 2.75) is 12.5 Å². The number of hydrazine groups is 1. The molecule has 1 saturated heterocycles. The Morgan fingerprint density at radius 1 is 1.48 bits per heavy atom. The summed E-state index contributed by atoms with van der Waals surface area (Å²) < 4.78 is 5.35. The highest BCUT2D eigenvalue weighted by molar-refractivity contribution is 5.79. The van der Waals surface area contributed by atoms with E-state index >= 15 is 0 Å². The molecule has 0 radical (unpaired) electrons. The number of carboxylic acids is 1. The molecule has 1 amide bonds. The lowest BCUT2D eigenvalue weighted by atomic mass is 10.2. The minimum Gasteiger partial charge on any atom is -0.481 e. The van der Waals surface area contributed by atoms with E-state index in [2.05, 4.69) is 15.8 Å². The maximum atomic E-state index is 11.8. The fourth-order valence-corrected chi connectivity index (χ4v) is 2.06. The van der Waals surface area contributed by atoms with Gasteiger partial charge in [-0.15, -0.1) is 0 Å². The Labute approximate surface area is 122 Å². The predicted octanol–water partition coefficient (Wildman–Crippen LogP) is -0.300. The average molecular weight is 294 g/mol. The van der Waals surface area contributed by atoms with Crippen LogP contribution < -0.4 is 10.9 Å². The maximum Gasteiger partial charge on any atom is 0.306 e. The quantitative estimate of drug-likeness (QED) is 0.619. The summed E-state index contributed by atoms with van der Waals surface area (Å²) in [5.41, 5.74) is 5.27. The predicted molar refractivity (Wildman–Crippen MR) is 74.4 cm³/mol. The summed E-state index contributed by atoms with van der Waals surface area (Å²) in [6, 6.07) is 5.32. The molecule has 1 unspecified atom stereocenters. The van der Waals surface area contributed by atoms with E-state index in [0.717, 1.165) is 0 Å². The first-order chi connectivity index (χ1) is 10.1. The maximum absolute atomic E-state index is 11.8. The van der Waals surface area contributed by atoms with Gasteiger partial charge in [0.1, 0.15) is 5.82 Å². The highest BCUT2D eigenvalue weighted by atomic mass is 16.5. The molecule has 8 nitrogen and oxygen atoms in total. The van der Waals surface area contributed by atoms with E-state index < -0.39 is 5.97 Å². The van der Waals surface area contributed by atoms with E-state index in [0.29, 0.717) is 25.5 Å². The van der Waals surface area contributed by atoms with Gasteiger partial charge in [0.05, 0.1) is 25.7 Å². The summed E-state index contributed by atoms with van der Waals surface area (Å²) in [7, 11) is 0. The standard InChI is InChI=1S/C13H18N4O4/c18-12(16-15-11-3-1-2-4-14-11)9-17-5-6-21-10(8-17)7-13(19)20/h1-4,10H,5-9H2,(H,14,15)(H,16,18)(H,19,20). The van der Waals surface area contributed by atoms with Crippen LogP contribution in [0.2, 0.25) is 0 Å². The van der Waals surface area contributed by atoms with Gasteiger partial charge in [0, 0.05) is 19.3 Å². The zero-order chi connectivity index (χ0) is 15.1. The number of hydrogen-bond donors (Lipinski definition) is 3. The summed E-state index contributed by atoms with van der Waals surface area (Å²) in [5.74, 6) is -0.559. The van der Waals surface area contributed by atoms with Gasteiger partial charge in [0.15, 0.2) is 0 Å². The Hall–Kier alpha value is -2.19. The van der Waals surface area contributed by atoms with Gasteiger partial charge in [0.2, 0.25) is 0 Å². The number of hydrogen-bond acceptors (Lipinski definition) is 6. The summed E-state index contributed by atoms with van der Waals surface area (Å²) >= 11 is 0. The van der Waals surface area contributed by atoms with Crippen LogP contribution in [0.15, 0.2) is 24.4 Å². The SMILES string of the molecule is O=C(O)CC1CN(CC(=O)NNc2ccccn2)CCO1. The number of aliphatic carboxylic acids is 1. The van der Waals surface area contributed by atoms with Crippen LogP contribution in [0.3, 0.4) is 0 Å². The minimum absolute atomic E-state index is 0.0513. The van der Waals surface area contributed by atoms with Crippen molar-refractivity contribution in [2.24, 2.45) is 0 Å². The van der Waals surface area contributed by atoms with Crippen LogP contribution in [0.5, 0.6) is 0 Å². The number of pyridine rings is 1. The number of carbonyl (C=O) groups is 2. The first kappa shape index (κ1) is 15.2. The number of aromatic nitrogens is 1. The smallest absolute Gasteiger partial charge is 0.306 e. The number of nitrogens with zero attached hydrogens (tertiary/aromatic N) is 2. The molecule has 1 aliphatic rings. The van der Waals surface area contributed by atoms with E-state index in [1.807, 2.05) is 4.90 Å². The van der Waals surface area contributed by atoms with Crippen molar-refractivity contribution in [3.05, 3.63) is 24.4 Å². The number of carboxylic acid groups (broad SMARTS) is 1. The minimum atomic E-state index is -0.900. The normalized spacial score (nSPS) is 19.0. The Kier molecular flexibility index (Phi) is 5.47. The van der Waals surface area contributed by atoms with Crippen LogP contribution in [0, 0.1) is 0 Å². The summed E-state index contributed by atoms with van der Waals surface area (Å²) in [6.45, 7) is 1.65. The Morgan fingerprint density at radius 2 is 2.33 bits per heavy atom. The zero-order valence-electron chi connectivity index (χ0n) is 11.5. The number of carbonyl (C=O) groups excluding carboxylic acids is 1. The van der Waals surface area contributed by atoms with Gasteiger partial charge < -0.3 is 9.84 Å². The Bertz CT molecular complexity index is 482. The van der Waals surface area contributed by atoms with Crippen LogP contribution in [-0.2, 0) is 14.3 Å². The topological polar surface area (TPSA) is 104 Å². The van der Waals surface area contributed by atoms with Crippen molar-refractivity contribution in [3.63, 3.8) is 0 Å². The van der Waals surface area contributed by atoms with Gasteiger partial charge in [-0.05, 0) is 12.1 Å². The number of rotatable bonds is 6. The Balaban J connectivity index is 1.73. The molecular formula is C13H18N4O4. The average Bonchev–Trinajstić information content (AvgIpc) is 2.46. The van der Waals surface area contributed by atoms with Crippen LogP contribution in [0.4, 0.5) is 5.82 Å². The van der Waals surface area contributed by atoms with E-state index in [-0.39, 0.29) is 25.0 Å². The highest BCUT2D eigenvalue weighted by Gasteiger charge is 2.23. The number of amides is 1. The molecule has 0 aliphatic carbocycles. The summed E-state index contributed by atoms with van der Waals surface area (Å²) in [6.07, 6.45) is 1.20. The molecule has 2 rings (SSSR count). The number of ether oxygens (including phenoxy) is 1. The second-order valence-corrected chi connectivity index (χ2v) is 4.71. The zero-order valence-corrected chi connectivity index (χ0v) is 11.5. The second kappa shape index (κ2) is 7.55. The molecule has 0 spiro atoms. The molecular weight excluding hydrogens is 276 g/mol. The van der Waals surface area contributed by atoms with Crippen LogP contribution >= 0.6 is 0 Å². The first-order valence-electron chi connectivity index (χ1n) is 6.65. The van der Waals surface area contributed by atoms with Crippen molar-refractivity contribution < 1.29 is 19.4 Å². The molecule has 1 atom stereocenters. The van der Waals surface area contributed by atoms with Crippen LogP contribution in [-0.4, -0.2) is 59.2 Å². The van der Waals surface area contributed by atoms with Gasteiger partial charge in [-0.25, -0.2) is 4.98 Å². The van der Waals surface area contributed by atoms with Gasteiger partial charge in [-0.3, -0.25) is 25.3 Å². The summed E-state index contributed by atoms with van der Waals surface area (Å²) in [4.78, 5) is 28.4. The lowest BCUT2D eigenvalue weighted by molar-refractivity contribution is -0.142. The van der Waals surface area contributed by atoms with E-state index in [1.54, 1.807) is 24.4 Å². The molecule has 114 valence electrons. The first-order valence-corrected chi connectivity index (χ1v) is 6.65. The van der Waals surface area contributed by atoms with Crippen molar-refractivity contribution >= 4 is 17.7 Å². The third-order valence-electron chi connectivity index (χ3n) is 2.99. The fourth-order valence-electron chi connectivity index (χ4n) is 2.06. The van der Waals surface area contributed by atoms with Gasteiger partial charge in [-0.1, -0.05) is 6.07 Å². The molecule has 3 N–H and O–H groups in total. The molecule has 0 aromatic carbocycles. The molecule has 21 heavy (non-hydrogen) atoms. The molecule has 1 fully saturated rings. The van der Waals surface area contributed by atoms with E-state index in [1.165, 1.54) is 0 Å². The van der Waals surface area contributed by atoms with Crippen molar-refractivity contribution in [1.82, 2.24) is 15.3 Å². The monoisotopic (exact) mass is 294 g/mol. The third kappa shape index (κ3) is 5.36. The number of anilines is 1. The van der Waals surface area contributed by atoms with Gasteiger partial charge in [0.25, 0.3) is 5.91 Å². The van der Waals surface area contributed by atoms with Gasteiger partial charge in [-0.2, -0.15) is 0 Å². The van der Waals surface area contributed by atoms with Crippen LogP contribution in [0.1, 0.15) is 6.42 Å². The lowest BCUT2D eigenvalue weighted by Gasteiger charge is -2.31. The molecule has 8 heteroatoms. The number of morpholine rings is 1. The van der Waals surface area contributed by atoms with Crippen LogP contribution in [0.25, 0.3) is 0 Å². The second-order valence-electron chi connectivity index (χ2n) is 4.71. The highest BCUT2D eigenvalue weighted by Crippen LogP contribution is 2.08. The van der Waals surface area contributed by atoms with Crippen molar-refractivity contribution in [3.8, 4) is 0 Å². The molecule has 1 aromatic rings. The molecule has 1 aliphatic heterocycles. The number of nitrogens with one attached hydrogen (secondary N) is 2. The molecule has 1 aromatic heterocycles. The summed E-state index contributed by atoms with van der Waals surface area (Å²) in [5, 5.41) is 8.75. The lowest BCUT2D eigenvalue weighted by Crippen LogP contribution is -2.48. The fraction of sp³-hybridized carbons (Fsp3) is 0.462. The van der Waals surface area contributed by atoms with E-state index in [9.17, 15) is 9.59 Å². The Morgan fingerprint density at radius 3 is 3.05 bits per heavy atom. The molecule has 0 bridgehead atoms. The third-order valence-corrected chi connectivity index (χ3v) is 2.99. The largest absolute Gasteiger partial charge is 0.481 e. The van der Waals surface area contributed by atoms with E-state index in [4.69, 9.17) is 9.84 Å². The molecule has 2 heterocycles. The van der Waals surface area contributed by atoms with Crippen molar-refractivity contribution in [2.75, 3.05) is 31.7 Å². The van der Waals surface area contributed by atoms with Gasteiger partial charge >= 0.3 is 5.97 Å². The molecule has 0 saturated carbocycles. The van der Waals surface area contributed by atoms with Crippen molar-refractivity contribution in [1.29, 1.82) is 0 Å².